The van der Waals surface area contributed by atoms with Crippen LogP contribution in [0, 0.1) is 19.7 Å². The fourth-order valence-corrected chi connectivity index (χ4v) is 2.07. The highest BCUT2D eigenvalue weighted by Gasteiger charge is 2.04. The molecule has 0 atom stereocenters. The van der Waals surface area contributed by atoms with Gasteiger partial charge in [0.15, 0.2) is 5.65 Å². The lowest BCUT2D eigenvalue weighted by molar-refractivity contribution is 0.627. The van der Waals surface area contributed by atoms with E-state index in [0.717, 1.165) is 28.2 Å². The van der Waals surface area contributed by atoms with Crippen molar-refractivity contribution in [3.8, 4) is 11.1 Å². The minimum absolute atomic E-state index is 0.222. The van der Waals surface area contributed by atoms with Crippen molar-refractivity contribution < 1.29 is 4.39 Å². The van der Waals surface area contributed by atoms with Crippen LogP contribution < -0.4 is 0 Å². The predicted octanol–water partition coefficient (Wildman–Crippen LogP) is 3.15. The number of pyridine rings is 1. The summed E-state index contributed by atoms with van der Waals surface area (Å²) < 4.78 is 15.1. The van der Waals surface area contributed by atoms with Crippen LogP contribution in [0.15, 0.2) is 36.5 Å². The van der Waals surface area contributed by atoms with E-state index in [1.165, 1.54) is 12.1 Å². The minimum Gasteiger partial charge on any atom is -0.220 e. The molecule has 0 aliphatic rings. The van der Waals surface area contributed by atoms with Crippen LogP contribution >= 0.6 is 0 Å². The van der Waals surface area contributed by atoms with Gasteiger partial charge in [-0.15, -0.1) is 0 Å². The number of aromatic nitrogens is 3. The first-order valence-electron chi connectivity index (χ1n) is 5.72. The van der Waals surface area contributed by atoms with Crippen molar-refractivity contribution in [2.75, 3.05) is 0 Å². The second-order valence-corrected chi connectivity index (χ2v) is 4.40. The number of hydrogen-bond donors (Lipinski definition) is 0. The zero-order valence-electron chi connectivity index (χ0n) is 10.2. The summed E-state index contributed by atoms with van der Waals surface area (Å²) in [6.45, 7) is 3.73. The quantitative estimate of drug-likeness (QED) is 0.655. The van der Waals surface area contributed by atoms with Crippen LogP contribution in [0.25, 0.3) is 16.8 Å². The summed E-state index contributed by atoms with van der Waals surface area (Å²) in [5, 5.41) is 4.26. The molecule has 2 heterocycles. The molecule has 0 aliphatic heterocycles. The van der Waals surface area contributed by atoms with Crippen molar-refractivity contribution in [2.45, 2.75) is 13.8 Å². The van der Waals surface area contributed by atoms with Gasteiger partial charge in [-0.05, 0) is 49.2 Å². The van der Waals surface area contributed by atoms with E-state index in [0.29, 0.717) is 0 Å². The van der Waals surface area contributed by atoms with E-state index in [1.807, 2.05) is 38.2 Å². The van der Waals surface area contributed by atoms with Crippen LogP contribution in [0.3, 0.4) is 0 Å². The topological polar surface area (TPSA) is 30.2 Å². The Hall–Kier alpha value is -2.23. The molecule has 1 aromatic carbocycles. The van der Waals surface area contributed by atoms with Gasteiger partial charge >= 0.3 is 0 Å². The van der Waals surface area contributed by atoms with E-state index < -0.39 is 0 Å². The second-order valence-electron chi connectivity index (χ2n) is 4.40. The number of aryl methyl sites for hydroxylation is 2. The number of benzene rings is 1. The summed E-state index contributed by atoms with van der Waals surface area (Å²) in [5.41, 5.74) is 3.47. The maximum atomic E-state index is 13.4. The Morgan fingerprint density at radius 1 is 1.06 bits per heavy atom. The number of hydrogen-bond acceptors (Lipinski definition) is 2. The zero-order chi connectivity index (χ0) is 12.7. The molecule has 18 heavy (non-hydrogen) atoms. The standard InChI is InChI=1S/C14H12FN3/c1-9-5-12(7-13(15)6-9)11-3-4-14-16-10(2)17-18(14)8-11/h3-8H,1-2H3. The Kier molecular flexibility index (Phi) is 2.37. The molecule has 3 aromatic rings. The Labute approximate surface area is 104 Å². The third kappa shape index (κ3) is 1.86. The van der Waals surface area contributed by atoms with Crippen LogP contribution in [0.1, 0.15) is 11.4 Å². The number of rotatable bonds is 1. The monoisotopic (exact) mass is 241 g/mol. The van der Waals surface area contributed by atoms with Crippen molar-refractivity contribution in [1.82, 2.24) is 14.6 Å². The maximum Gasteiger partial charge on any atom is 0.155 e. The third-order valence-corrected chi connectivity index (χ3v) is 2.81. The fourth-order valence-electron chi connectivity index (χ4n) is 2.07. The molecule has 0 aliphatic carbocycles. The van der Waals surface area contributed by atoms with E-state index in [4.69, 9.17) is 0 Å². The van der Waals surface area contributed by atoms with Crippen LogP contribution in [0.2, 0.25) is 0 Å². The molecule has 0 saturated heterocycles. The molecule has 0 N–H and O–H groups in total. The zero-order valence-corrected chi connectivity index (χ0v) is 10.2. The molecule has 0 radical (unpaired) electrons. The lowest BCUT2D eigenvalue weighted by Crippen LogP contribution is -1.90. The summed E-state index contributed by atoms with van der Waals surface area (Å²) in [6.07, 6.45) is 1.86. The third-order valence-electron chi connectivity index (χ3n) is 2.81. The Bertz CT molecular complexity index is 711. The van der Waals surface area contributed by atoms with Gasteiger partial charge in [-0.1, -0.05) is 6.07 Å². The number of nitrogens with zero attached hydrogens (tertiary/aromatic N) is 3. The van der Waals surface area contributed by atoms with Gasteiger partial charge in [0.05, 0.1) is 0 Å². The molecule has 0 saturated carbocycles. The fraction of sp³-hybridized carbons (Fsp3) is 0.143. The molecular weight excluding hydrogens is 229 g/mol. The molecule has 90 valence electrons. The summed E-state index contributed by atoms with van der Waals surface area (Å²) in [5.74, 6) is 0.502. The molecule has 0 unspecified atom stereocenters. The van der Waals surface area contributed by atoms with Crippen molar-refractivity contribution >= 4 is 5.65 Å². The molecule has 3 nitrogen and oxygen atoms in total. The molecule has 0 amide bonds. The SMILES string of the molecule is Cc1cc(F)cc(-c2ccc3nc(C)nn3c2)c1. The molecule has 4 heteroatoms. The van der Waals surface area contributed by atoms with Crippen LogP contribution in [-0.2, 0) is 0 Å². The van der Waals surface area contributed by atoms with Crippen LogP contribution in [-0.4, -0.2) is 14.6 Å². The Balaban J connectivity index is 2.18. The normalized spacial score (nSPS) is 11.1. The first-order valence-corrected chi connectivity index (χ1v) is 5.72. The van der Waals surface area contributed by atoms with Gasteiger partial charge in [-0.3, -0.25) is 0 Å². The average molecular weight is 241 g/mol. The molecule has 0 spiro atoms. The highest BCUT2D eigenvalue weighted by Crippen LogP contribution is 2.22. The van der Waals surface area contributed by atoms with E-state index in [9.17, 15) is 4.39 Å². The molecule has 2 aromatic heterocycles. The van der Waals surface area contributed by atoms with Gasteiger partial charge in [0.25, 0.3) is 0 Å². The molecule has 3 rings (SSSR count). The highest BCUT2D eigenvalue weighted by atomic mass is 19.1. The van der Waals surface area contributed by atoms with Crippen molar-refractivity contribution in [1.29, 1.82) is 0 Å². The molecular formula is C14H12FN3. The Morgan fingerprint density at radius 3 is 2.67 bits per heavy atom. The van der Waals surface area contributed by atoms with Gasteiger partial charge in [0.1, 0.15) is 11.6 Å². The largest absolute Gasteiger partial charge is 0.220 e. The summed E-state index contributed by atoms with van der Waals surface area (Å²) in [6, 6.07) is 8.81. The maximum absolute atomic E-state index is 13.4. The molecule has 0 fully saturated rings. The summed E-state index contributed by atoms with van der Waals surface area (Å²) in [4.78, 5) is 4.26. The van der Waals surface area contributed by atoms with Crippen molar-refractivity contribution in [3.63, 3.8) is 0 Å². The van der Waals surface area contributed by atoms with Crippen molar-refractivity contribution in [2.24, 2.45) is 0 Å². The van der Waals surface area contributed by atoms with E-state index in [1.54, 1.807) is 4.52 Å². The van der Waals surface area contributed by atoms with Gasteiger partial charge in [0.2, 0.25) is 0 Å². The van der Waals surface area contributed by atoms with Gasteiger partial charge in [-0.2, -0.15) is 5.10 Å². The van der Waals surface area contributed by atoms with E-state index in [2.05, 4.69) is 10.1 Å². The average Bonchev–Trinajstić information content (AvgIpc) is 2.66. The lowest BCUT2D eigenvalue weighted by atomic mass is 10.1. The second kappa shape index (κ2) is 3.91. The lowest BCUT2D eigenvalue weighted by Gasteiger charge is -2.04. The van der Waals surface area contributed by atoms with Crippen molar-refractivity contribution in [3.05, 3.63) is 53.7 Å². The smallest absolute Gasteiger partial charge is 0.155 e. The van der Waals surface area contributed by atoms with E-state index in [-0.39, 0.29) is 5.82 Å². The van der Waals surface area contributed by atoms with Gasteiger partial charge in [0, 0.05) is 11.8 Å². The highest BCUT2D eigenvalue weighted by molar-refractivity contribution is 5.65. The Morgan fingerprint density at radius 2 is 1.89 bits per heavy atom. The minimum atomic E-state index is -0.222. The molecule has 0 bridgehead atoms. The van der Waals surface area contributed by atoms with Crippen LogP contribution in [0.4, 0.5) is 4.39 Å². The number of fused-ring (bicyclic) bond motifs is 1. The number of halogens is 1. The summed E-state index contributed by atoms with van der Waals surface area (Å²) in [7, 11) is 0. The first-order chi connectivity index (χ1) is 8.61. The predicted molar refractivity (Wildman–Crippen MR) is 67.9 cm³/mol. The van der Waals surface area contributed by atoms with Gasteiger partial charge < -0.3 is 0 Å². The van der Waals surface area contributed by atoms with E-state index >= 15 is 0 Å². The van der Waals surface area contributed by atoms with Gasteiger partial charge in [-0.25, -0.2) is 13.9 Å². The summed E-state index contributed by atoms with van der Waals surface area (Å²) >= 11 is 0. The van der Waals surface area contributed by atoms with Crippen LogP contribution in [0.5, 0.6) is 0 Å². The first kappa shape index (κ1) is 10.9.